The lowest BCUT2D eigenvalue weighted by molar-refractivity contribution is 0.0689. The Morgan fingerprint density at radius 3 is 2.73 bits per heavy atom. The zero-order chi connectivity index (χ0) is 16.3. The van der Waals surface area contributed by atoms with Crippen LogP contribution in [0.4, 0.5) is 0 Å². The van der Waals surface area contributed by atoms with E-state index in [0.717, 1.165) is 25.0 Å². The second kappa shape index (κ2) is 7.13. The third-order valence-corrected chi connectivity index (χ3v) is 5.40. The summed E-state index contributed by atoms with van der Waals surface area (Å²) >= 11 is 1.96. The first kappa shape index (κ1) is 16.8. The van der Waals surface area contributed by atoms with Crippen LogP contribution < -0.4 is 0 Å². The van der Waals surface area contributed by atoms with E-state index in [1.807, 2.05) is 18.8 Å². The topological polar surface area (TPSA) is 70.5 Å². The molecule has 1 amide bonds. The summed E-state index contributed by atoms with van der Waals surface area (Å²) in [6.07, 6.45) is 3.18. The predicted molar refractivity (Wildman–Crippen MR) is 87.6 cm³/mol. The van der Waals surface area contributed by atoms with Crippen LogP contribution in [0.1, 0.15) is 52.7 Å². The second-order valence-electron chi connectivity index (χ2n) is 5.59. The minimum Gasteiger partial charge on any atom is -0.478 e. The SMILES string of the molecule is CCSC1CCC(N(C)C(=O)c2ccc(C(=O)O)c(C)n2)C1. The highest BCUT2D eigenvalue weighted by Gasteiger charge is 2.30. The number of aromatic carboxylic acids is 1. The Hall–Kier alpha value is -1.56. The van der Waals surface area contributed by atoms with Crippen LogP contribution >= 0.6 is 11.8 Å². The van der Waals surface area contributed by atoms with Gasteiger partial charge in [0.1, 0.15) is 5.69 Å². The van der Waals surface area contributed by atoms with Gasteiger partial charge in [0.25, 0.3) is 5.91 Å². The zero-order valence-electron chi connectivity index (χ0n) is 13.2. The number of amides is 1. The molecule has 0 aromatic carbocycles. The van der Waals surface area contributed by atoms with Gasteiger partial charge in [0.05, 0.1) is 11.3 Å². The monoisotopic (exact) mass is 322 g/mol. The molecular weight excluding hydrogens is 300 g/mol. The van der Waals surface area contributed by atoms with E-state index in [1.165, 1.54) is 12.1 Å². The van der Waals surface area contributed by atoms with Crippen molar-refractivity contribution in [1.82, 2.24) is 9.88 Å². The molecule has 1 N–H and O–H groups in total. The van der Waals surface area contributed by atoms with Crippen molar-refractivity contribution in [1.29, 1.82) is 0 Å². The van der Waals surface area contributed by atoms with Crippen molar-refractivity contribution >= 4 is 23.6 Å². The number of rotatable bonds is 5. The molecule has 1 aliphatic rings. The Morgan fingerprint density at radius 1 is 1.41 bits per heavy atom. The second-order valence-corrected chi connectivity index (χ2v) is 7.17. The smallest absolute Gasteiger partial charge is 0.337 e. The summed E-state index contributed by atoms with van der Waals surface area (Å²) in [5.41, 5.74) is 0.827. The number of pyridine rings is 1. The Labute approximate surface area is 135 Å². The number of hydrogen-bond acceptors (Lipinski definition) is 4. The molecule has 1 fully saturated rings. The van der Waals surface area contributed by atoms with E-state index in [-0.39, 0.29) is 17.5 Å². The summed E-state index contributed by atoms with van der Waals surface area (Å²) in [4.78, 5) is 29.5. The van der Waals surface area contributed by atoms with Gasteiger partial charge in [0.2, 0.25) is 0 Å². The molecule has 2 atom stereocenters. The number of thioether (sulfide) groups is 1. The van der Waals surface area contributed by atoms with E-state index in [0.29, 0.717) is 16.6 Å². The van der Waals surface area contributed by atoms with Gasteiger partial charge in [-0.3, -0.25) is 4.79 Å². The summed E-state index contributed by atoms with van der Waals surface area (Å²) in [6, 6.07) is 3.20. The quantitative estimate of drug-likeness (QED) is 0.902. The van der Waals surface area contributed by atoms with Gasteiger partial charge in [-0.15, -0.1) is 0 Å². The fraction of sp³-hybridized carbons (Fsp3) is 0.562. The van der Waals surface area contributed by atoms with Gasteiger partial charge in [0, 0.05) is 18.3 Å². The van der Waals surface area contributed by atoms with Crippen LogP contribution in [-0.2, 0) is 0 Å². The third kappa shape index (κ3) is 3.61. The van der Waals surface area contributed by atoms with E-state index in [9.17, 15) is 9.59 Å². The lowest BCUT2D eigenvalue weighted by Gasteiger charge is -2.24. The van der Waals surface area contributed by atoms with E-state index < -0.39 is 5.97 Å². The molecule has 0 spiro atoms. The molecule has 5 nitrogen and oxygen atoms in total. The molecule has 0 bridgehead atoms. The molecule has 0 radical (unpaired) electrons. The van der Waals surface area contributed by atoms with Crippen LogP contribution in [0.25, 0.3) is 0 Å². The van der Waals surface area contributed by atoms with E-state index >= 15 is 0 Å². The zero-order valence-corrected chi connectivity index (χ0v) is 14.0. The molecule has 6 heteroatoms. The van der Waals surface area contributed by atoms with Crippen LogP contribution in [0.3, 0.4) is 0 Å². The Morgan fingerprint density at radius 2 is 2.14 bits per heavy atom. The maximum absolute atomic E-state index is 12.5. The number of aryl methyl sites for hydroxylation is 1. The van der Waals surface area contributed by atoms with Crippen molar-refractivity contribution in [3.8, 4) is 0 Å². The van der Waals surface area contributed by atoms with Crippen molar-refractivity contribution in [2.24, 2.45) is 0 Å². The summed E-state index contributed by atoms with van der Waals surface area (Å²) < 4.78 is 0. The fourth-order valence-electron chi connectivity index (χ4n) is 2.91. The lowest BCUT2D eigenvalue weighted by Crippen LogP contribution is -2.36. The molecule has 2 unspecified atom stereocenters. The van der Waals surface area contributed by atoms with Crippen molar-refractivity contribution in [3.63, 3.8) is 0 Å². The minimum absolute atomic E-state index is 0.132. The highest BCUT2D eigenvalue weighted by Crippen LogP contribution is 2.32. The summed E-state index contributed by atoms with van der Waals surface area (Å²) in [5.74, 6) is -0.0494. The number of aromatic nitrogens is 1. The molecule has 22 heavy (non-hydrogen) atoms. The number of carbonyl (C=O) groups excluding carboxylic acids is 1. The van der Waals surface area contributed by atoms with Crippen LogP contribution in [-0.4, -0.2) is 51.0 Å². The van der Waals surface area contributed by atoms with Crippen LogP contribution in [0.15, 0.2) is 12.1 Å². The van der Waals surface area contributed by atoms with Crippen molar-refractivity contribution < 1.29 is 14.7 Å². The first-order valence-electron chi connectivity index (χ1n) is 7.53. The van der Waals surface area contributed by atoms with Gasteiger partial charge < -0.3 is 10.0 Å². The van der Waals surface area contributed by atoms with E-state index in [1.54, 1.807) is 11.8 Å². The highest BCUT2D eigenvalue weighted by atomic mass is 32.2. The number of nitrogens with zero attached hydrogens (tertiary/aromatic N) is 2. The molecule has 1 heterocycles. The molecule has 120 valence electrons. The van der Waals surface area contributed by atoms with Gasteiger partial charge in [-0.1, -0.05) is 6.92 Å². The number of hydrogen-bond donors (Lipinski definition) is 1. The van der Waals surface area contributed by atoms with Crippen LogP contribution in [0, 0.1) is 6.92 Å². The standard InChI is InChI=1S/C16H22N2O3S/c1-4-22-12-6-5-11(9-12)18(3)15(19)14-8-7-13(16(20)21)10(2)17-14/h7-8,11-12H,4-6,9H2,1-3H3,(H,20,21). The van der Waals surface area contributed by atoms with Crippen LogP contribution in [0.5, 0.6) is 0 Å². The highest BCUT2D eigenvalue weighted by molar-refractivity contribution is 7.99. The summed E-state index contributed by atoms with van der Waals surface area (Å²) in [7, 11) is 1.81. The lowest BCUT2D eigenvalue weighted by atomic mass is 10.1. The maximum atomic E-state index is 12.5. The van der Waals surface area contributed by atoms with Gasteiger partial charge in [-0.25, -0.2) is 9.78 Å². The number of carboxylic acid groups (broad SMARTS) is 1. The molecule has 1 aromatic heterocycles. The molecule has 0 aliphatic heterocycles. The Kier molecular flexibility index (Phi) is 5.45. The van der Waals surface area contributed by atoms with E-state index in [4.69, 9.17) is 5.11 Å². The Bertz CT molecular complexity index is 577. The van der Waals surface area contributed by atoms with Gasteiger partial charge in [-0.05, 0) is 44.1 Å². The van der Waals surface area contributed by atoms with Crippen LogP contribution in [0.2, 0.25) is 0 Å². The average Bonchev–Trinajstić information content (AvgIpc) is 2.94. The first-order chi connectivity index (χ1) is 10.4. The van der Waals surface area contributed by atoms with Gasteiger partial charge in [0.15, 0.2) is 0 Å². The maximum Gasteiger partial charge on any atom is 0.337 e. The Balaban J connectivity index is 2.08. The summed E-state index contributed by atoms with van der Waals surface area (Å²) in [6.45, 7) is 3.77. The van der Waals surface area contributed by atoms with E-state index in [2.05, 4.69) is 11.9 Å². The number of carbonyl (C=O) groups is 2. The third-order valence-electron chi connectivity index (χ3n) is 4.16. The molecule has 0 saturated heterocycles. The normalized spacial score (nSPS) is 20.9. The van der Waals surface area contributed by atoms with Crippen molar-refractivity contribution in [2.45, 2.75) is 44.4 Å². The summed E-state index contributed by atoms with van der Waals surface area (Å²) in [5, 5.41) is 9.65. The van der Waals surface area contributed by atoms with Gasteiger partial charge >= 0.3 is 5.97 Å². The molecular formula is C16H22N2O3S. The minimum atomic E-state index is -1.02. The average molecular weight is 322 g/mol. The van der Waals surface area contributed by atoms with Crippen molar-refractivity contribution in [2.75, 3.05) is 12.8 Å². The van der Waals surface area contributed by atoms with Gasteiger partial charge in [-0.2, -0.15) is 11.8 Å². The largest absolute Gasteiger partial charge is 0.478 e. The molecule has 1 saturated carbocycles. The fourth-order valence-corrected chi connectivity index (χ4v) is 4.04. The molecule has 1 aliphatic carbocycles. The molecule has 1 aromatic rings. The predicted octanol–water partition coefficient (Wildman–Crippen LogP) is 2.83. The first-order valence-corrected chi connectivity index (χ1v) is 8.58. The number of carboxylic acids is 1. The van der Waals surface area contributed by atoms with Crippen molar-refractivity contribution in [3.05, 3.63) is 29.1 Å². The molecule has 2 rings (SSSR count).